The normalized spacial score (nSPS) is 19.2. The van der Waals surface area contributed by atoms with Gasteiger partial charge in [0, 0.05) is 13.1 Å². The molecule has 0 unspecified atom stereocenters. The van der Waals surface area contributed by atoms with E-state index >= 15 is 0 Å². The fourth-order valence-electron chi connectivity index (χ4n) is 0.280. The molecule has 0 saturated carbocycles. The lowest BCUT2D eigenvalue weighted by molar-refractivity contribution is 0.969. The van der Waals surface area contributed by atoms with Crippen molar-refractivity contribution in [2.45, 2.75) is 0 Å². The van der Waals surface area contributed by atoms with Gasteiger partial charge >= 0.3 is 0 Å². The SMILES string of the molecule is C1CN[Si]=N1. The zero-order valence-electron chi connectivity index (χ0n) is 2.86. The van der Waals surface area contributed by atoms with Gasteiger partial charge in [-0.2, -0.15) is 0 Å². The summed E-state index contributed by atoms with van der Waals surface area (Å²) in [6, 6.07) is 0. The molecule has 27 valence electrons. The Morgan fingerprint density at radius 1 is 1.80 bits per heavy atom. The topological polar surface area (TPSA) is 24.4 Å². The molecule has 0 aromatic heterocycles. The summed E-state index contributed by atoms with van der Waals surface area (Å²) in [5.41, 5.74) is 0. The van der Waals surface area contributed by atoms with Crippen LogP contribution >= 0.6 is 0 Å². The highest BCUT2D eigenvalue weighted by Crippen LogP contribution is 1.67. The van der Waals surface area contributed by atoms with Gasteiger partial charge in [0.25, 0.3) is 9.47 Å². The summed E-state index contributed by atoms with van der Waals surface area (Å²) >= 11 is 0. The molecule has 0 fully saturated rings. The Kier molecular flexibility index (Phi) is 0.790. The molecule has 0 aromatic carbocycles. The second kappa shape index (κ2) is 1.31. The molecule has 0 aromatic rings. The van der Waals surface area contributed by atoms with Crippen LogP contribution in [0, 0.1) is 0 Å². The minimum absolute atomic E-state index is 0.684. The molecule has 0 saturated heterocycles. The van der Waals surface area contributed by atoms with Crippen LogP contribution in [0.2, 0.25) is 0 Å². The highest BCUT2D eigenvalue weighted by atomic mass is 28.2. The number of hydrogen-bond acceptors (Lipinski definition) is 2. The Balaban J connectivity index is 2.32. The van der Waals surface area contributed by atoms with Crippen LogP contribution in [-0.2, 0) is 0 Å². The van der Waals surface area contributed by atoms with Gasteiger partial charge in [-0.25, -0.2) is 0 Å². The predicted octanol–water partition coefficient (Wildman–Crippen LogP) is -0.608. The van der Waals surface area contributed by atoms with Crippen LogP contribution in [0.3, 0.4) is 0 Å². The third kappa shape index (κ3) is 0.543. The Bertz CT molecular complexity index is 45.6. The van der Waals surface area contributed by atoms with Gasteiger partial charge < -0.3 is 9.62 Å². The van der Waals surface area contributed by atoms with Gasteiger partial charge in [0.2, 0.25) is 0 Å². The largest absolute Gasteiger partial charge is 0.403 e. The van der Waals surface area contributed by atoms with E-state index in [-0.39, 0.29) is 0 Å². The molecule has 5 heavy (non-hydrogen) atoms. The summed E-state index contributed by atoms with van der Waals surface area (Å²) in [4.78, 5) is 3.08. The van der Waals surface area contributed by atoms with E-state index in [1.54, 1.807) is 0 Å². The van der Waals surface area contributed by atoms with Crippen molar-refractivity contribution in [1.82, 2.24) is 4.98 Å². The molecular formula is C2H5N2Si. The molecular weight excluding hydrogens is 80.1 g/mol. The maximum absolute atomic E-state index is 4.00. The lowest BCUT2D eigenvalue weighted by Gasteiger charge is -1.75. The van der Waals surface area contributed by atoms with Crippen molar-refractivity contribution in [3.05, 3.63) is 0 Å². The van der Waals surface area contributed by atoms with E-state index in [1.807, 2.05) is 0 Å². The summed E-state index contributed by atoms with van der Waals surface area (Å²) in [6.45, 7) is 2.12. The van der Waals surface area contributed by atoms with Crippen molar-refractivity contribution in [2.24, 2.45) is 4.63 Å². The summed E-state index contributed by atoms with van der Waals surface area (Å²) in [5.74, 6) is 0. The van der Waals surface area contributed by atoms with E-state index in [0.717, 1.165) is 13.1 Å². The lowest BCUT2D eigenvalue weighted by atomic mass is 10.7. The first-order valence-corrected chi connectivity index (χ1v) is 2.59. The first-order valence-electron chi connectivity index (χ1n) is 1.64. The minimum Gasteiger partial charge on any atom is -0.403 e. The van der Waals surface area contributed by atoms with Crippen molar-refractivity contribution in [1.29, 1.82) is 0 Å². The molecule has 1 aliphatic rings. The monoisotopic (exact) mass is 85.0 g/mol. The van der Waals surface area contributed by atoms with Crippen molar-refractivity contribution in [3.8, 4) is 0 Å². The Hall–Kier alpha value is -0.183. The van der Waals surface area contributed by atoms with Gasteiger partial charge in [-0.1, -0.05) is 0 Å². The Morgan fingerprint density at radius 2 is 2.80 bits per heavy atom. The fourth-order valence-corrected chi connectivity index (χ4v) is 0.839. The molecule has 0 aliphatic carbocycles. The van der Waals surface area contributed by atoms with Gasteiger partial charge in [-0.15, -0.1) is 0 Å². The standard InChI is InChI=1S/C2H5N2Si/c1-2-4-5-3-1/h3H,1-2H2. The van der Waals surface area contributed by atoms with E-state index in [9.17, 15) is 0 Å². The third-order valence-electron chi connectivity index (χ3n) is 0.507. The van der Waals surface area contributed by atoms with E-state index in [4.69, 9.17) is 0 Å². The highest BCUT2D eigenvalue weighted by molar-refractivity contribution is 6.18. The van der Waals surface area contributed by atoms with Crippen LogP contribution in [0.25, 0.3) is 0 Å². The van der Waals surface area contributed by atoms with Gasteiger partial charge in [0.1, 0.15) is 0 Å². The van der Waals surface area contributed by atoms with E-state index in [0.29, 0.717) is 9.47 Å². The van der Waals surface area contributed by atoms with E-state index in [2.05, 4.69) is 9.62 Å². The predicted molar refractivity (Wildman–Crippen MR) is 21.1 cm³/mol. The Labute approximate surface area is 33.2 Å². The Morgan fingerprint density at radius 3 is 3.00 bits per heavy atom. The van der Waals surface area contributed by atoms with Crippen LogP contribution in [0.15, 0.2) is 4.63 Å². The quantitative estimate of drug-likeness (QED) is 0.390. The second-order valence-corrected chi connectivity index (χ2v) is 1.81. The number of hydrogen-bond donors (Lipinski definition) is 1. The van der Waals surface area contributed by atoms with Gasteiger partial charge in [-0.05, 0) is 0 Å². The summed E-state index contributed by atoms with van der Waals surface area (Å²) < 4.78 is 4.00. The zero-order chi connectivity index (χ0) is 3.54. The number of nitrogens with one attached hydrogen (secondary N) is 1. The summed E-state index contributed by atoms with van der Waals surface area (Å²) in [6.07, 6.45) is 0. The van der Waals surface area contributed by atoms with Crippen molar-refractivity contribution in [2.75, 3.05) is 13.1 Å². The minimum atomic E-state index is 0.684. The molecule has 3 heteroatoms. The third-order valence-corrected chi connectivity index (χ3v) is 1.30. The van der Waals surface area contributed by atoms with Gasteiger partial charge in [-0.3, -0.25) is 0 Å². The molecule has 1 aliphatic heterocycles. The molecule has 0 bridgehead atoms. The highest BCUT2D eigenvalue weighted by Gasteiger charge is 1.84. The van der Waals surface area contributed by atoms with Gasteiger partial charge in [0.15, 0.2) is 0 Å². The van der Waals surface area contributed by atoms with Crippen LogP contribution in [0.5, 0.6) is 0 Å². The van der Waals surface area contributed by atoms with Crippen molar-refractivity contribution < 1.29 is 0 Å². The number of nitrogens with zero attached hydrogens (tertiary/aromatic N) is 1. The average Bonchev–Trinajstić information content (AvgIpc) is 1.76. The number of rotatable bonds is 0. The maximum atomic E-state index is 4.00. The van der Waals surface area contributed by atoms with Gasteiger partial charge in [0.05, 0.1) is 0 Å². The molecule has 1 radical (unpaired) electrons. The van der Waals surface area contributed by atoms with E-state index < -0.39 is 0 Å². The fraction of sp³-hybridized carbons (Fsp3) is 1.00. The average molecular weight is 85.2 g/mol. The molecule has 1 heterocycles. The zero-order valence-corrected chi connectivity index (χ0v) is 3.86. The maximum Gasteiger partial charge on any atom is 0.285 e. The van der Waals surface area contributed by atoms with Crippen LogP contribution in [0.1, 0.15) is 0 Å². The molecule has 0 spiro atoms. The van der Waals surface area contributed by atoms with Crippen molar-refractivity contribution >= 4 is 9.47 Å². The van der Waals surface area contributed by atoms with Crippen LogP contribution in [0.4, 0.5) is 0 Å². The molecule has 0 amide bonds. The van der Waals surface area contributed by atoms with Crippen LogP contribution in [-0.4, -0.2) is 22.6 Å². The molecule has 1 rings (SSSR count). The van der Waals surface area contributed by atoms with Crippen molar-refractivity contribution in [3.63, 3.8) is 0 Å². The smallest absolute Gasteiger partial charge is 0.285 e. The molecule has 1 N–H and O–H groups in total. The first-order chi connectivity index (χ1) is 2.50. The summed E-state index contributed by atoms with van der Waals surface area (Å²) in [5, 5.41) is 0. The summed E-state index contributed by atoms with van der Waals surface area (Å²) in [7, 11) is 0.684. The van der Waals surface area contributed by atoms with E-state index in [1.165, 1.54) is 0 Å². The molecule has 2 nitrogen and oxygen atoms in total. The van der Waals surface area contributed by atoms with Crippen LogP contribution < -0.4 is 4.98 Å². The molecule has 0 atom stereocenters. The second-order valence-electron chi connectivity index (χ2n) is 0.920. The first kappa shape index (κ1) is 3.02. The lowest BCUT2D eigenvalue weighted by Crippen LogP contribution is -2.06.